The molecule has 0 atom stereocenters. The first kappa shape index (κ1) is 21.1. The Morgan fingerprint density at radius 1 is 1.03 bits per heavy atom. The van der Waals surface area contributed by atoms with Gasteiger partial charge in [-0.05, 0) is 30.5 Å². The SMILES string of the molecule is COc1ccc(CN2CCN(CN3C(=O)NC4(CCCCCC4)C3=O)CC2)cc1F. The summed E-state index contributed by atoms with van der Waals surface area (Å²) in [6, 6.07) is 4.80. The van der Waals surface area contributed by atoms with Crippen LogP contribution in [0.25, 0.3) is 0 Å². The molecule has 0 aromatic heterocycles. The zero-order valence-electron chi connectivity index (χ0n) is 17.7. The Kier molecular flexibility index (Phi) is 6.24. The summed E-state index contributed by atoms with van der Waals surface area (Å²) in [6.07, 6.45) is 5.74. The van der Waals surface area contributed by atoms with Crippen LogP contribution in [-0.2, 0) is 11.3 Å². The molecule has 7 nitrogen and oxygen atoms in total. The van der Waals surface area contributed by atoms with Gasteiger partial charge in [-0.3, -0.25) is 14.6 Å². The van der Waals surface area contributed by atoms with E-state index in [-0.39, 0.29) is 23.5 Å². The van der Waals surface area contributed by atoms with E-state index in [4.69, 9.17) is 4.74 Å². The zero-order chi connectivity index (χ0) is 21.1. The molecule has 3 fully saturated rings. The van der Waals surface area contributed by atoms with Crippen molar-refractivity contribution in [3.63, 3.8) is 0 Å². The third kappa shape index (κ3) is 4.30. The van der Waals surface area contributed by atoms with Gasteiger partial charge >= 0.3 is 6.03 Å². The molecule has 164 valence electrons. The molecular weight excluding hydrogens is 387 g/mol. The lowest BCUT2D eigenvalue weighted by atomic mass is 9.90. The number of amides is 3. The number of halogens is 1. The van der Waals surface area contributed by atoms with Crippen LogP contribution in [0, 0.1) is 5.82 Å². The van der Waals surface area contributed by atoms with E-state index in [0.717, 1.165) is 70.3 Å². The second-order valence-electron chi connectivity index (χ2n) is 8.66. The largest absolute Gasteiger partial charge is 0.494 e. The molecule has 1 aromatic carbocycles. The molecule has 0 bridgehead atoms. The number of benzene rings is 1. The number of piperazine rings is 1. The lowest BCUT2D eigenvalue weighted by Gasteiger charge is -2.36. The van der Waals surface area contributed by atoms with Gasteiger partial charge in [0, 0.05) is 32.7 Å². The van der Waals surface area contributed by atoms with Crippen LogP contribution in [-0.4, -0.2) is 72.1 Å². The van der Waals surface area contributed by atoms with Gasteiger partial charge in [-0.2, -0.15) is 0 Å². The van der Waals surface area contributed by atoms with Crippen molar-refractivity contribution in [1.82, 2.24) is 20.0 Å². The normalized spacial score (nSPS) is 22.9. The van der Waals surface area contributed by atoms with Gasteiger partial charge in [0.2, 0.25) is 0 Å². The minimum atomic E-state index is -0.673. The molecule has 0 unspecified atom stereocenters. The number of hydrogen-bond donors (Lipinski definition) is 1. The summed E-state index contributed by atoms with van der Waals surface area (Å²) in [4.78, 5) is 31.4. The van der Waals surface area contributed by atoms with Crippen LogP contribution in [0.4, 0.5) is 9.18 Å². The third-order valence-corrected chi connectivity index (χ3v) is 6.63. The average molecular weight is 419 g/mol. The number of carbonyl (C=O) groups excluding carboxylic acids is 2. The Hall–Kier alpha value is -2.19. The van der Waals surface area contributed by atoms with Gasteiger partial charge in [-0.15, -0.1) is 0 Å². The van der Waals surface area contributed by atoms with Crippen molar-refractivity contribution >= 4 is 11.9 Å². The van der Waals surface area contributed by atoms with Crippen LogP contribution in [0.5, 0.6) is 5.75 Å². The van der Waals surface area contributed by atoms with Crippen LogP contribution in [0.15, 0.2) is 18.2 Å². The van der Waals surface area contributed by atoms with Crippen LogP contribution >= 0.6 is 0 Å². The van der Waals surface area contributed by atoms with Crippen molar-refractivity contribution in [2.45, 2.75) is 50.6 Å². The van der Waals surface area contributed by atoms with Crippen LogP contribution in [0.3, 0.4) is 0 Å². The van der Waals surface area contributed by atoms with Gasteiger partial charge in [-0.25, -0.2) is 14.1 Å². The van der Waals surface area contributed by atoms with E-state index >= 15 is 0 Å². The van der Waals surface area contributed by atoms with Crippen molar-refractivity contribution in [2.24, 2.45) is 0 Å². The minimum Gasteiger partial charge on any atom is -0.494 e. The summed E-state index contributed by atoms with van der Waals surface area (Å²) in [5.41, 5.74) is 0.236. The van der Waals surface area contributed by atoms with Gasteiger partial charge in [0.15, 0.2) is 11.6 Å². The highest BCUT2D eigenvalue weighted by Crippen LogP contribution is 2.32. The van der Waals surface area contributed by atoms with Gasteiger partial charge < -0.3 is 10.1 Å². The van der Waals surface area contributed by atoms with E-state index in [1.54, 1.807) is 6.07 Å². The maximum absolute atomic E-state index is 13.9. The highest BCUT2D eigenvalue weighted by atomic mass is 19.1. The molecule has 4 rings (SSSR count). The quantitative estimate of drug-likeness (QED) is 0.745. The molecule has 1 saturated carbocycles. The summed E-state index contributed by atoms with van der Waals surface area (Å²) in [5.74, 6) is -0.145. The molecule has 1 aromatic rings. The molecular formula is C22H31FN4O3. The molecule has 30 heavy (non-hydrogen) atoms. The average Bonchev–Trinajstić information content (AvgIpc) is 2.90. The number of urea groups is 1. The monoisotopic (exact) mass is 418 g/mol. The zero-order valence-corrected chi connectivity index (χ0v) is 17.7. The number of imide groups is 1. The first-order chi connectivity index (χ1) is 14.5. The summed E-state index contributed by atoms with van der Waals surface area (Å²) < 4.78 is 18.9. The number of nitrogens with zero attached hydrogens (tertiary/aromatic N) is 3. The van der Waals surface area contributed by atoms with E-state index in [1.807, 2.05) is 6.07 Å². The number of rotatable bonds is 5. The molecule has 8 heteroatoms. The molecule has 0 radical (unpaired) electrons. The fourth-order valence-corrected chi connectivity index (χ4v) is 4.83. The smallest absolute Gasteiger partial charge is 0.326 e. The molecule has 1 N–H and O–H groups in total. The summed E-state index contributed by atoms with van der Waals surface area (Å²) in [5, 5.41) is 3.01. The fourth-order valence-electron chi connectivity index (χ4n) is 4.83. The topological polar surface area (TPSA) is 65.1 Å². The van der Waals surface area contributed by atoms with Gasteiger partial charge in [-0.1, -0.05) is 31.7 Å². The predicted octanol–water partition coefficient (Wildman–Crippen LogP) is 2.55. The Labute approximate surface area is 177 Å². The number of nitrogens with one attached hydrogen (secondary N) is 1. The van der Waals surface area contributed by atoms with Crippen molar-refractivity contribution in [3.8, 4) is 5.75 Å². The van der Waals surface area contributed by atoms with Crippen molar-refractivity contribution in [1.29, 1.82) is 0 Å². The predicted molar refractivity (Wildman–Crippen MR) is 110 cm³/mol. The van der Waals surface area contributed by atoms with Crippen molar-refractivity contribution in [3.05, 3.63) is 29.6 Å². The Bertz CT molecular complexity index is 787. The van der Waals surface area contributed by atoms with Crippen molar-refractivity contribution in [2.75, 3.05) is 40.0 Å². The van der Waals surface area contributed by atoms with Crippen LogP contribution in [0.2, 0.25) is 0 Å². The second kappa shape index (κ2) is 8.89. The number of hydrogen-bond acceptors (Lipinski definition) is 5. The van der Waals surface area contributed by atoms with E-state index in [9.17, 15) is 14.0 Å². The van der Waals surface area contributed by atoms with E-state index < -0.39 is 5.54 Å². The van der Waals surface area contributed by atoms with Crippen LogP contribution in [0.1, 0.15) is 44.1 Å². The van der Waals surface area contributed by atoms with E-state index in [1.165, 1.54) is 18.1 Å². The standard InChI is InChI=1S/C22H31FN4O3/c1-30-19-7-6-17(14-18(19)23)15-25-10-12-26(13-11-25)16-27-20(28)22(24-21(27)29)8-4-2-3-5-9-22/h6-7,14H,2-5,8-13,15-16H2,1H3,(H,24,29). The molecule has 2 heterocycles. The number of ether oxygens (including phenoxy) is 1. The Morgan fingerprint density at radius 3 is 2.33 bits per heavy atom. The Balaban J connectivity index is 1.30. The first-order valence-corrected chi connectivity index (χ1v) is 10.9. The maximum atomic E-state index is 13.9. The van der Waals surface area contributed by atoms with Gasteiger partial charge in [0.05, 0.1) is 13.8 Å². The molecule has 2 saturated heterocycles. The molecule has 3 aliphatic rings. The maximum Gasteiger partial charge on any atom is 0.326 e. The van der Waals surface area contributed by atoms with Gasteiger partial charge in [0.25, 0.3) is 5.91 Å². The molecule has 1 aliphatic carbocycles. The highest BCUT2D eigenvalue weighted by Gasteiger charge is 2.51. The first-order valence-electron chi connectivity index (χ1n) is 10.9. The Morgan fingerprint density at radius 2 is 1.70 bits per heavy atom. The highest BCUT2D eigenvalue weighted by molar-refractivity contribution is 6.07. The van der Waals surface area contributed by atoms with Crippen molar-refractivity contribution < 1.29 is 18.7 Å². The lowest BCUT2D eigenvalue weighted by molar-refractivity contribution is -0.133. The summed E-state index contributed by atoms with van der Waals surface area (Å²) in [7, 11) is 1.46. The molecule has 1 spiro atoms. The van der Waals surface area contributed by atoms with Gasteiger partial charge in [0.1, 0.15) is 5.54 Å². The van der Waals surface area contributed by atoms with E-state index in [2.05, 4.69) is 15.1 Å². The second-order valence-corrected chi connectivity index (χ2v) is 8.66. The third-order valence-electron chi connectivity index (χ3n) is 6.63. The number of methoxy groups -OCH3 is 1. The van der Waals surface area contributed by atoms with Crippen LogP contribution < -0.4 is 10.1 Å². The summed E-state index contributed by atoms with van der Waals surface area (Å²) in [6.45, 7) is 4.16. The number of carbonyl (C=O) groups is 2. The summed E-state index contributed by atoms with van der Waals surface area (Å²) >= 11 is 0. The van der Waals surface area contributed by atoms with E-state index in [0.29, 0.717) is 13.2 Å². The molecule has 3 amide bonds. The fraction of sp³-hybridized carbons (Fsp3) is 0.636. The minimum absolute atomic E-state index is 0.0504. The lowest BCUT2D eigenvalue weighted by Crippen LogP contribution is -2.51. The molecule has 2 aliphatic heterocycles.